The van der Waals surface area contributed by atoms with Crippen molar-refractivity contribution in [2.24, 2.45) is 0 Å². The molecule has 0 radical (unpaired) electrons. The zero-order valence-electron chi connectivity index (χ0n) is 19.6. The minimum absolute atomic E-state index is 0.373. The number of carbonyl (C=O) groups is 1. The SMILES string of the molecule is O=C(O)c1ccccc1SCCCCCN(CCCOc1ccccc1)c1nc2ccccc2o1. The second-order valence-electron chi connectivity index (χ2n) is 8.18. The summed E-state index contributed by atoms with van der Waals surface area (Å²) in [6.45, 7) is 2.26. The third-order valence-electron chi connectivity index (χ3n) is 5.58. The van der Waals surface area contributed by atoms with Crippen molar-refractivity contribution in [3.63, 3.8) is 0 Å². The van der Waals surface area contributed by atoms with E-state index in [1.54, 1.807) is 23.9 Å². The molecule has 1 aromatic heterocycles. The first-order chi connectivity index (χ1) is 17.2. The predicted molar refractivity (Wildman–Crippen MR) is 141 cm³/mol. The Morgan fingerprint density at radius 1 is 0.886 bits per heavy atom. The van der Waals surface area contributed by atoms with Gasteiger partial charge in [-0.2, -0.15) is 4.98 Å². The number of hydrogen-bond donors (Lipinski definition) is 1. The number of anilines is 1. The summed E-state index contributed by atoms with van der Waals surface area (Å²) in [5.41, 5.74) is 2.03. The second-order valence-corrected chi connectivity index (χ2v) is 9.31. The number of benzene rings is 3. The number of carboxylic acids is 1. The number of hydrogen-bond acceptors (Lipinski definition) is 6. The lowest BCUT2D eigenvalue weighted by Gasteiger charge is -2.20. The molecule has 1 heterocycles. The molecule has 0 aliphatic heterocycles. The summed E-state index contributed by atoms with van der Waals surface area (Å²) >= 11 is 1.61. The summed E-state index contributed by atoms with van der Waals surface area (Å²) in [6, 6.07) is 25.5. The Labute approximate surface area is 209 Å². The number of nitrogens with zero attached hydrogens (tertiary/aromatic N) is 2. The number of oxazole rings is 1. The molecule has 4 rings (SSSR count). The molecule has 1 N–H and O–H groups in total. The van der Waals surface area contributed by atoms with Gasteiger partial charge in [0.15, 0.2) is 5.58 Å². The van der Waals surface area contributed by atoms with Crippen LogP contribution < -0.4 is 9.64 Å². The van der Waals surface area contributed by atoms with Crippen LogP contribution in [0.3, 0.4) is 0 Å². The summed E-state index contributed by atoms with van der Waals surface area (Å²) in [6.07, 6.45) is 3.91. The number of carboxylic acid groups (broad SMARTS) is 1. The molecule has 0 spiro atoms. The van der Waals surface area contributed by atoms with Gasteiger partial charge in [-0.1, -0.05) is 48.9 Å². The topological polar surface area (TPSA) is 75.8 Å². The lowest BCUT2D eigenvalue weighted by Crippen LogP contribution is -2.27. The van der Waals surface area contributed by atoms with Gasteiger partial charge in [0, 0.05) is 18.0 Å². The van der Waals surface area contributed by atoms with Crippen LogP contribution >= 0.6 is 11.8 Å². The van der Waals surface area contributed by atoms with E-state index in [1.807, 2.05) is 66.7 Å². The average Bonchev–Trinajstić information content (AvgIpc) is 3.32. The first-order valence-electron chi connectivity index (χ1n) is 11.9. The smallest absolute Gasteiger partial charge is 0.336 e. The van der Waals surface area contributed by atoms with Gasteiger partial charge in [-0.3, -0.25) is 0 Å². The van der Waals surface area contributed by atoms with Gasteiger partial charge in [-0.15, -0.1) is 11.8 Å². The number of aromatic nitrogens is 1. The van der Waals surface area contributed by atoms with Crippen molar-refractivity contribution in [2.45, 2.75) is 30.6 Å². The van der Waals surface area contributed by atoms with Crippen LogP contribution in [0.5, 0.6) is 5.75 Å². The fourth-order valence-corrected chi connectivity index (χ4v) is 4.85. The van der Waals surface area contributed by atoms with Gasteiger partial charge in [0.2, 0.25) is 0 Å². The molecular formula is C28H30N2O4S. The molecule has 35 heavy (non-hydrogen) atoms. The molecule has 0 saturated carbocycles. The number of rotatable bonds is 14. The Morgan fingerprint density at radius 3 is 2.46 bits per heavy atom. The Bertz CT molecular complexity index is 1180. The third kappa shape index (κ3) is 7.26. The van der Waals surface area contributed by atoms with E-state index >= 15 is 0 Å². The number of thioether (sulfide) groups is 1. The van der Waals surface area contributed by atoms with E-state index in [2.05, 4.69) is 9.88 Å². The van der Waals surface area contributed by atoms with E-state index in [0.29, 0.717) is 18.2 Å². The number of aromatic carboxylic acids is 1. The summed E-state index contributed by atoms with van der Waals surface area (Å²) in [5, 5.41) is 9.34. The highest BCUT2D eigenvalue weighted by Crippen LogP contribution is 2.25. The molecule has 6 nitrogen and oxygen atoms in total. The highest BCUT2D eigenvalue weighted by molar-refractivity contribution is 7.99. The zero-order chi connectivity index (χ0) is 24.3. The minimum Gasteiger partial charge on any atom is -0.494 e. The maximum absolute atomic E-state index is 11.4. The van der Waals surface area contributed by atoms with Gasteiger partial charge in [0.05, 0.1) is 12.2 Å². The van der Waals surface area contributed by atoms with E-state index in [-0.39, 0.29) is 0 Å². The normalized spacial score (nSPS) is 11.0. The van der Waals surface area contributed by atoms with Crippen LogP contribution in [0.1, 0.15) is 36.0 Å². The Kier molecular flexibility index (Phi) is 9.06. The summed E-state index contributed by atoms with van der Waals surface area (Å²) < 4.78 is 11.9. The van der Waals surface area contributed by atoms with Crippen LogP contribution in [0.15, 0.2) is 88.2 Å². The molecule has 182 valence electrons. The van der Waals surface area contributed by atoms with E-state index in [1.165, 1.54) is 0 Å². The first kappa shape index (κ1) is 24.7. The van der Waals surface area contributed by atoms with Crippen molar-refractivity contribution in [3.05, 3.63) is 84.4 Å². The van der Waals surface area contributed by atoms with E-state index in [4.69, 9.17) is 9.15 Å². The summed E-state index contributed by atoms with van der Waals surface area (Å²) in [4.78, 5) is 19.1. The summed E-state index contributed by atoms with van der Waals surface area (Å²) in [5.74, 6) is 0.888. The van der Waals surface area contributed by atoms with Crippen molar-refractivity contribution in [1.29, 1.82) is 0 Å². The molecule has 0 fully saturated rings. The molecule has 0 aliphatic carbocycles. The Morgan fingerprint density at radius 2 is 1.63 bits per heavy atom. The fourth-order valence-electron chi connectivity index (χ4n) is 3.79. The number of para-hydroxylation sites is 3. The molecule has 0 amide bonds. The van der Waals surface area contributed by atoms with Gasteiger partial charge in [0.25, 0.3) is 6.01 Å². The highest BCUT2D eigenvalue weighted by Gasteiger charge is 2.14. The lowest BCUT2D eigenvalue weighted by molar-refractivity contribution is 0.0693. The standard InChI is InChI=1S/C28H30N2O4S/c31-27(32)23-14-5-8-17-26(23)35-21-10-2-9-18-30(19-11-20-33-22-12-3-1-4-13-22)28-29-24-15-6-7-16-25(24)34-28/h1,3-8,12-17H,2,9-11,18-21H2,(H,31,32). The molecule has 0 aliphatic rings. The van der Waals surface area contributed by atoms with Crippen molar-refractivity contribution in [1.82, 2.24) is 4.98 Å². The zero-order valence-corrected chi connectivity index (χ0v) is 20.5. The molecule has 0 bridgehead atoms. The van der Waals surface area contributed by atoms with Crippen LogP contribution in [0, 0.1) is 0 Å². The Hall–Kier alpha value is -3.45. The first-order valence-corrected chi connectivity index (χ1v) is 12.9. The van der Waals surface area contributed by atoms with Crippen molar-refractivity contribution in [3.8, 4) is 5.75 Å². The van der Waals surface area contributed by atoms with Gasteiger partial charge in [0.1, 0.15) is 11.3 Å². The number of fused-ring (bicyclic) bond motifs is 1. The van der Waals surface area contributed by atoms with E-state index in [0.717, 1.165) is 66.3 Å². The van der Waals surface area contributed by atoms with Gasteiger partial charge in [-0.05, 0) is 61.4 Å². The van der Waals surface area contributed by atoms with Gasteiger partial charge in [-0.25, -0.2) is 4.79 Å². The average molecular weight is 491 g/mol. The maximum atomic E-state index is 11.4. The molecule has 0 unspecified atom stereocenters. The van der Waals surface area contributed by atoms with Crippen LogP contribution in [-0.4, -0.2) is 41.5 Å². The highest BCUT2D eigenvalue weighted by atomic mass is 32.2. The second kappa shape index (κ2) is 12.9. The van der Waals surface area contributed by atoms with E-state index in [9.17, 15) is 9.90 Å². The van der Waals surface area contributed by atoms with Crippen LogP contribution in [0.25, 0.3) is 11.1 Å². The van der Waals surface area contributed by atoms with Crippen molar-refractivity contribution >= 4 is 34.8 Å². The Balaban J connectivity index is 1.26. The molecule has 3 aromatic carbocycles. The molecule has 0 atom stereocenters. The number of unbranched alkanes of at least 4 members (excludes halogenated alkanes) is 2. The maximum Gasteiger partial charge on any atom is 0.336 e. The number of ether oxygens (including phenoxy) is 1. The van der Waals surface area contributed by atoms with E-state index < -0.39 is 5.97 Å². The molecule has 7 heteroatoms. The van der Waals surface area contributed by atoms with Crippen LogP contribution in [0.2, 0.25) is 0 Å². The lowest BCUT2D eigenvalue weighted by atomic mass is 10.2. The molecule has 4 aromatic rings. The third-order valence-corrected chi connectivity index (χ3v) is 6.74. The van der Waals surface area contributed by atoms with Gasteiger partial charge >= 0.3 is 5.97 Å². The fraction of sp³-hybridized carbons (Fsp3) is 0.286. The summed E-state index contributed by atoms with van der Waals surface area (Å²) in [7, 11) is 0. The van der Waals surface area contributed by atoms with Crippen molar-refractivity contribution in [2.75, 3.05) is 30.3 Å². The molecular weight excluding hydrogens is 460 g/mol. The van der Waals surface area contributed by atoms with Crippen LogP contribution in [0.4, 0.5) is 6.01 Å². The largest absolute Gasteiger partial charge is 0.494 e. The van der Waals surface area contributed by atoms with Crippen molar-refractivity contribution < 1.29 is 19.1 Å². The van der Waals surface area contributed by atoms with Crippen LogP contribution in [-0.2, 0) is 0 Å². The molecule has 0 saturated heterocycles. The quantitative estimate of drug-likeness (QED) is 0.154. The predicted octanol–water partition coefficient (Wildman–Crippen LogP) is 6.76. The minimum atomic E-state index is -0.877. The van der Waals surface area contributed by atoms with Gasteiger partial charge < -0.3 is 19.2 Å². The monoisotopic (exact) mass is 490 g/mol.